The van der Waals surface area contributed by atoms with Crippen LogP contribution in [-0.4, -0.2) is 16.5 Å². The molecule has 0 saturated carbocycles. The third-order valence-electron chi connectivity index (χ3n) is 4.66. The summed E-state index contributed by atoms with van der Waals surface area (Å²) < 4.78 is 0. The van der Waals surface area contributed by atoms with E-state index >= 15 is 0 Å². The van der Waals surface area contributed by atoms with Crippen molar-refractivity contribution in [2.24, 2.45) is 0 Å². The minimum atomic E-state index is 0.0426. The van der Waals surface area contributed by atoms with Gasteiger partial charge in [0.2, 0.25) is 0 Å². The second-order valence-electron chi connectivity index (χ2n) is 6.02. The fourth-order valence-electron chi connectivity index (χ4n) is 3.49. The fourth-order valence-corrected chi connectivity index (χ4v) is 3.49. The molecule has 1 aliphatic heterocycles. The van der Waals surface area contributed by atoms with E-state index in [1.165, 1.54) is 11.1 Å². The van der Waals surface area contributed by atoms with Crippen molar-refractivity contribution in [3.63, 3.8) is 0 Å². The topological polar surface area (TPSA) is 57.8 Å². The van der Waals surface area contributed by atoms with Crippen LogP contribution in [0.5, 0.6) is 0 Å². The first kappa shape index (κ1) is 12.6. The lowest BCUT2D eigenvalue weighted by atomic mass is 9.83. The molecule has 1 aromatic heterocycles. The van der Waals surface area contributed by atoms with E-state index in [2.05, 4.69) is 34.6 Å². The highest BCUT2D eigenvalue weighted by Crippen LogP contribution is 2.31. The van der Waals surface area contributed by atoms with Crippen molar-refractivity contribution in [1.82, 2.24) is 9.97 Å². The van der Waals surface area contributed by atoms with Gasteiger partial charge < -0.3 is 10.3 Å². The lowest BCUT2D eigenvalue weighted by Gasteiger charge is -2.25. The smallest absolute Gasteiger partial charge is 0.256 e. The predicted octanol–water partition coefficient (Wildman–Crippen LogP) is 2.40. The molecular weight excluding hydrogens is 262 g/mol. The standard InChI is InChI=1S/C17H19N3O/c21-17-14-6-3-9-18-16(14)19-15(20-17)13-8-7-11-4-1-2-5-12(11)10-13/h1-2,4-5,13H,3,6-10H2,(H2,18,19,20,21). The van der Waals surface area contributed by atoms with Gasteiger partial charge in [0.25, 0.3) is 5.56 Å². The number of aryl methyl sites for hydroxylation is 1. The Morgan fingerprint density at radius 3 is 2.90 bits per heavy atom. The molecule has 4 rings (SSSR count). The van der Waals surface area contributed by atoms with Gasteiger partial charge in [-0.3, -0.25) is 4.79 Å². The van der Waals surface area contributed by atoms with E-state index in [4.69, 9.17) is 4.98 Å². The molecule has 0 spiro atoms. The molecule has 0 saturated heterocycles. The molecule has 21 heavy (non-hydrogen) atoms. The van der Waals surface area contributed by atoms with Crippen LogP contribution >= 0.6 is 0 Å². The van der Waals surface area contributed by atoms with Crippen LogP contribution in [0.3, 0.4) is 0 Å². The maximum atomic E-state index is 12.2. The van der Waals surface area contributed by atoms with Crippen molar-refractivity contribution in [2.45, 2.75) is 38.0 Å². The lowest BCUT2D eigenvalue weighted by Crippen LogP contribution is -2.27. The van der Waals surface area contributed by atoms with Crippen LogP contribution in [0, 0.1) is 0 Å². The number of aromatic nitrogens is 2. The number of benzene rings is 1. The van der Waals surface area contributed by atoms with E-state index in [0.717, 1.165) is 55.9 Å². The first-order chi connectivity index (χ1) is 10.3. The minimum Gasteiger partial charge on any atom is -0.370 e. The number of fused-ring (bicyclic) bond motifs is 2. The zero-order valence-corrected chi connectivity index (χ0v) is 12.0. The second kappa shape index (κ2) is 5.02. The van der Waals surface area contributed by atoms with Crippen LogP contribution in [0.4, 0.5) is 5.82 Å². The van der Waals surface area contributed by atoms with Gasteiger partial charge in [-0.05, 0) is 43.2 Å². The van der Waals surface area contributed by atoms with Gasteiger partial charge in [-0.25, -0.2) is 4.98 Å². The summed E-state index contributed by atoms with van der Waals surface area (Å²) in [4.78, 5) is 20.0. The Bertz CT molecular complexity index is 735. The first-order valence-electron chi connectivity index (χ1n) is 7.75. The predicted molar refractivity (Wildman–Crippen MR) is 82.9 cm³/mol. The van der Waals surface area contributed by atoms with Crippen molar-refractivity contribution in [2.75, 3.05) is 11.9 Å². The third-order valence-corrected chi connectivity index (χ3v) is 4.66. The molecule has 4 heteroatoms. The van der Waals surface area contributed by atoms with Crippen LogP contribution in [0.2, 0.25) is 0 Å². The molecule has 1 aliphatic carbocycles. The van der Waals surface area contributed by atoms with Crippen molar-refractivity contribution in [1.29, 1.82) is 0 Å². The molecule has 1 atom stereocenters. The Hall–Kier alpha value is -2.10. The minimum absolute atomic E-state index is 0.0426. The van der Waals surface area contributed by atoms with Crippen LogP contribution in [0.1, 0.15) is 41.3 Å². The van der Waals surface area contributed by atoms with Gasteiger partial charge in [-0.15, -0.1) is 0 Å². The summed E-state index contributed by atoms with van der Waals surface area (Å²) in [5.41, 5.74) is 3.69. The molecule has 2 aliphatic rings. The van der Waals surface area contributed by atoms with Crippen LogP contribution in [0.15, 0.2) is 29.1 Å². The van der Waals surface area contributed by atoms with Crippen molar-refractivity contribution < 1.29 is 0 Å². The SMILES string of the molecule is O=c1[nH]c(C2CCc3ccccc3C2)nc2c1CCCN2. The van der Waals surface area contributed by atoms with Crippen molar-refractivity contribution in [3.8, 4) is 0 Å². The Morgan fingerprint density at radius 1 is 1.14 bits per heavy atom. The molecule has 1 unspecified atom stereocenters. The highest BCUT2D eigenvalue weighted by molar-refractivity contribution is 5.45. The normalized spacial score (nSPS) is 20.3. The second-order valence-corrected chi connectivity index (χ2v) is 6.02. The number of hydrogen-bond acceptors (Lipinski definition) is 3. The number of hydrogen-bond donors (Lipinski definition) is 2. The van der Waals surface area contributed by atoms with E-state index in [1.807, 2.05) is 0 Å². The summed E-state index contributed by atoms with van der Waals surface area (Å²) in [6.07, 6.45) is 4.93. The quantitative estimate of drug-likeness (QED) is 0.844. The molecule has 108 valence electrons. The third kappa shape index (κ3) is 2.24. The molecule has 2 heterocycles. The molecule has 0 radical (unpaired) electrons. The molecule has 0 bridgehead atoms. The zero-order valence-electron chi connectivity index (χ0n) is 12.0. The van der Waals surface area contributed by atoms with Gasteiger partial charge in [0, 0.05) is 12.5 Å². The lowest BCUT2D eigenvalue weighted by molar-refractivity contribution is 0.551. The number of H-pyrrole nitrogens is 1. The first-order valence-corrected chi connectivity index (χ1v) is 7.75. The highest BCUT2D eigenvalue weighted by atomic mass is 16.1. The Morgan fingerprint density at radius 2 is 2.00 bits per heavy atom. The summed E-state index contributed by atoms with van der Waals surface area (Å²) in [6.45, 7) is 0.913. The largest absolute Gasteiger partial charge is 0.370 e. The summed E-state index contributed by atoms with van der Waals surface area (Å²) in [6, 6.07) is 8.58. The zero-order chi connectivity index (χ0) is 14.2. The van der Waals surface area contributed by atoms with Crippen LogP contribution in [0.25, 0.3) is 0 Å². The van der Waals surface area contributed by atoms with Gasteiger partial charge in [0.05, 0.1) is 5.56 Å². The number of nitrogens with one attached hydrogen (secondary N) is 2. The maximum Gasteiger partial charge on any atom is 0.256 e. The van der Waals surface area contributed by atoms with Gasteiger partial charge in [-0.2, -0.15) is 0 Å². The van der Waals surface area contributed by atoms with E-state index in [0.29, 0.717) is 5.92 Å². The molecule has 2 N–H and O–H groups in total. The molecule has 1 aromatic carbocycles. The Labute approximate surface area is 123 Å². The Kier molecular flexibility index (Phi) is 3.02. The highest BCUT2D eigenvalue weighted by Gasteiger charge is 2.24. The van der Waals surface area contributed by atoms with E-state index in [9.17, 15) is 4.79 Å². The molecular formula is C17H19N3O. The summed E-state index contributed by atoms with van der Waals surface area (Å²) >= 11 is 0. The van der Waals surface area contributed by atoms with Gasteiger partial charge in [0.1, 0.15) is 11.6 Å². The molecule has 2 aromatic rings. The average molecular weight is 281 g/mol. The molecule has 4 nitrogen and oxygen atoms in total. The monoisotopic (exact) mass is 281 g/mol. The molecule has 0 fully saturated rings. The van der Waals surface area contributed by atoms with Crippen molar-refractivity contribution >= 4 is 5.82 Å². The van der Waals surface area contributed by atoms with Crippen LogP contribution in [-0.2, 0) is 19.3 Å². The van der Waals surface area contributed by atoms with E-state index in [-0.39, 0.29) is 5.56 Å². The average Bonchev–Trinajstić information content (AvgIpc) is 2.54. The van der Waals surface area contributed by atoms with Gasteiger partial charge in [0.15, 0.2) is 0 Å². The summed E-state index contributed by atoms with van der Waals surface area (Å²) in [7, 11) is 0. The van der Waals surface area contributed by atoms with Crippen LogP contribution < -0.4 is 10.9 Å². The summed E-state index contributed by atoms with van der Waals surface area (Å²) in [5.74, 6) is 1.98. The number of aromatic amines is 1. The fraction of sp³-hybridized carbons (Fsp3) is 0.412. The Balaban J connectivity index is 1.69. The van der Waals surface area contributed by atoms with E-state index in [1.54, 1.807) is 0 Å². The van der Waals surface area contributed by atoms with Gasteiger partial charge in [-0.1, -0.05) is 24.3 Å². The number of nitrogens with zero attached hydrogens (tertiary/aromatic N) is 1. The molecule has 0 amide bonds. The maximum absolute atomic E-state index is 12.2. The number of anilines is 1. The van der Waals surface area contributed by atoms with Gasteiger partial charge >= 0.3 is 0 Å². The number of rotatable bonds is 1. The van der Waals surface area contributed by atoms with Crippen molar-refractivity contribution in [3.05, 3.63) is 57.1 Å². The summed E-state index contributed by atoms with van der Waals surface area (Å²) in [5, 5.41) is 3.27. The van der Waals surface area contributed by atoms with E-state index < -0.39 is 0 Å².